The first kappa shape index (κ1) is 10.5. The molecule has 0 radical (unpaired) electrons. The van der Waals surface area contributed by atoms with Gasteiger partial charge >= 0.3 is 0 Å². The standard InChI is InChI=1S/C13H15N/c1-3-4-6-10-13-11-8-5-7-9-12(2)14-13/h3-10H,2,11H2,1H3/b4-3-,8-5-,9-7-,10-6-,14-13?. The van der Waals surface area contributed by atoms with Gasteiger partial charge in [0.15, 0.2) is 0 Å². The van der Waals surface area contributed by atoms with Crippen molar-refractivity contribution in [1.29, 1.82) is 0 Å². The van der Waals surface area contributed by atoms with Crippen molar-refractivity contribution >= 4 is 5.71 Å². The van der Waals surface area contributed by atoms with E-state index in [2.05, 4.69) is 17.6 Å². The van der Waals surface area contributed by atoms with Crippen LogP contribution in [0.4, 0.5) is 0 Å². The largest absolute Gasteiger partial charge is 0.254 e. The highest BCUT2D eigenvalue weighted by Crippen LogP contribution is 2.04. The molecule has 0 N–H and O–H groups in total. The summed E-state index contributed by atoms with van der Waals surface area (Å²) in [6.07, 6.45) is 16.8. The lowest BCUT2D eigenvalue weighted by molar-refractivity contribution is 1.34. The number of hydrogen-bond acceptors (Lipinski definition) is 1. The van der Waals surface area contributed by atoms with Crippen molar-refractivity contribution < 1.29 is 0 Å². The second kappa shape index (κ2) is 5.92. The number of hydrogen-bond donors (Lipinski definition) is 0. The fourth-order valence-corrected chi connectivity index (χ4v) is 1.08. The zero-order valence-electron chi connectivity index (χ0n) is 8.48. The molecule has 0 aliphatic carbocycles. The molecule has 0 spiro atoms. The van der Waals surface area contributed by atoms with E-state index in [4.69, 9.17) is 0 Å². The van der Waals surface area contributed by atoms with Crippen LogP contribution < -0.4 is 0 Å². The summed E-state index contributed by atoms with van der Waals surface area (Å²) in [6, 6.07) is 0. The van der Waals surface area contributed by atoms with E-state index in [9.17, 15) is 0 Å². The molecule has 0 atom stereocenters. The van der Waals surface area contributed by atoms with Crippen molar-refractivity contribution in [3.63, 3.8) is 0 Å². The Kier molecular flexibility index (Phi) is 4.42. The van der Waals surface area contributed by atoms with Crippen LogP contribution in [-0.4, -0.2) is 5.71 Å². The van der Waals surface area contributed by atoms with Crippen molar-refractivity contribution in [3.8, 4) is 0 Å². The van der Waals surface area contributed by atoms with Crippen LogP contribution >= 0.6 is 0 Å². The molecule has 1 heterocycles. The summed E-state index contributed by atoms with van der Waals surface area (Å²) in [4.78, 5) is 4.37. The third-order valence-electron chi connectivity index (χ3n) is 1.74. The van der Waals surface area contributed by atoms with Gasteiger partial charge < -0.3 is 0 Å². The minimum Gasteiger partial charge on any atom is -0.254 e. The summed E-state index contributed by atoms with van der Waals surface area (Å²) in [7, 11) is 0. The summed E-state index contributed by atoms with van der Waals surface area (Å²) in [5, 5.41) is 0. The van der Waals surface area contributed by atoms with E-state index in [1.807, 2.05) is 49.5 Å². The van der Waals surface area contributed by atoms with Gasteiger partial charge in [0, 0.05) is 12.1 Å². The maximum atomic E-state index is 4.37. The third kappa shape index (κ3) is 3.85. The van der Waals surface area contributed by atoms with Gasteiger partial charge in [-0.2, -0.15) is 0 Å². The molecule has 14 heavy (non-hydrogen) atoms. The predicted octanol–water partition coefficient (Wildman–Crippen LogP) is 3.59. The molecule has 1 rings (SSSR count). The molecule has 0 aromatic heterocycles. The van der Waals surface area contributed by atoms with Crippen molar-refractivity contribution in [2.24, 2.45) is 4.99 Å². The van der Waals surface area contributed by atoms with E-state index in [1.165, 1.54) is 0 Å². The first-order chi connectivity index (χ1) is 6.83. The van der Waals surface area contributed by atoms with Gasteiger partial charge in [-0.1, -0.05) is 43.0 Å². The number of nitrogens with zero attached hydrogens (tertiary/aromatic N) is 1. The van der Waals surface area contributed by atoms with Crippen LogP contribution in [0.5, 0.6) is 0 Å². The zero-order valence-corrected chi connectivity index (χ0v) is 8.48. The van der Waals surface area contributed by atoms with Gasteiger partial charge in [0.05, 0.1) is 5.70 Å². The van der Waals surface area contributed by atoms with Crippen molar-refractivity contribution in [2.45, 2.75) is 13.3 Å². The molecule has 72 valence electrons. The van der Waals surface area contributed by atoms with Gasteiger partial charge in [-0.05, 0) is 19.1 Å². The third-order valence-corrected chi connectivity index (χ3v) is 1.74. The Hall–Kier alpha value is -1.63. The van der Waals surface area contributed by atoms with Crippen molar-refractivity contribution in [3.05, 3.63) is 60.9 Å². The maximum Gasteiger partial charge on any atom is 0.0561 e. The lowest BCUT2D eigenvalue weighted by atomic mass is 10.2. The predicted molar refractivity (Wildman–Crippen MR) is 63.4 cm³/mol. The fourth-order valence-electron chi connectivity index (χ4n) is 1.08. The van der Waals surface area contributed by atoms with Gasteiger partial charge in [-0.25, -0.2) is 0 Å². The highest BCUT2D eigenvalue weighted by molar-refractivity contribution is 5.97. The Morgan fingerprint density at radius 3 is 3.00 bits per heavy atom. The van der Waals surface area contributed by atoms with Crippen LogP contribution in [-0.2, 0) is 0 Å². The average Bonchev–Trinajstić information content (AvgIpc) is 2.13. The lowest BCUT2D eigenvalue weighted by Crippen LogP contribution is -1.92. The van der Waals surface area contributed by atoms with Crippen molar-refractivity contribution in [2.75, 3.05) is 0 Å². The van der Waals surface area contributed by atoms with E-state index in [0.29, 0.717) is 0 Å². The van der Waals surface area contributed by atoms with Crippen molar-refractivity contribution in [1.82, 2.24) is 0 Å². The van der Waals surface area contributed by atoms with Gasteiger partial charge in [-0.15, -0.1) is 0 Å². The molecular weight excluding hydrogens is 170 g/mol. The highest BCUT2D eigenvalue weighted by Gasteiger charge is 1.93. The SMILES string of the molecule is C=C1/C=C\C=C/CC(/C=C\C=C/C)=N1. The second-order valence-electron chi connectivity index (χ2n) is 2.97. The van der Waals surface area contributed by atoms with Crippen LogP contribution in [0.1, 0.15) is 13.3 Å². The lowest BCUT2D eigenvalue weighted by Gasteiger charge is -1.99. The molecule has 0 fully saturated rings. The van der Waals surface area contributed by atoms with Crippen LogP contribution in [0.25, 0.3) is 0 Å². The Bertz CT molecular complexity index is 338. The maximum absolute atomic E-state index is 4.37. The molecule has 0 aromatic carbocycles. The molecule has 1 aliphatic rings. The van der Waals surface area contributed by atoms with Gasteiger partial charge in [0.2, 0.25) is 0 Å². The summed E-state index contributed by atoms with van der Waals surface area (Å²) < 4.78 is 0. The second-order valence-corrected chi connectivity index (χ2v) is 2.97. The minimum absolute atomic E-state index is 0.800. The highest BCUT2D eigenvalue weighted by atomic mass is 14.7. The summed E-state index contributed by atoms with van der Waals surface area (Å²) in [5.74, 6) is 0. The summed E-state index contributed by atoms with van der Waals surface area (Å²) in [6.45, 7) is 5.83. The quantitative estimate of drug-likeness (QED) is 0.583. The molecule has 0 bridgehead atoms. The van der Waals surface area contributed by atoms with Gasteiger partial charge in [0.25, 0.3) is 0 Å². The summed E-state index contributed by atoms with van der Waals surface area (Å²) in [5.41, 5.74) is 1.84. The van der Waals surface area contributed by atoms with Gasteiger partial charge in [-0.3, -0.25) is 4.99 Å². The van der Waals surface area contributed by atoms with Crippen LogP contribution in [0.3, 0.4) is 0 Å². The van der Waals surface area contributed by atoms with E-state index < -0.39 is 0 Å². The smallest absolute Gasteiger partial charge is 0.0561 e. The Balaban J connectivity index is 2.76. The number of rotatable bonds is 2. The van der Waals surface area contributed by atoms with E-state index in [1.54, 1.807) is 0 Å². The van der Waals surface area contributed by atoms with Gasteiger partial charge in [0.1, 0.15) is 0 Å². The van der Waals surface area contributed by atoms with Crippen LogP contribution in [0, 0.1) is 0 Å². The Labute approximate surface area is 85.6 Å². The van der Waals surface area contributed by atoms with E-state index in [0.717, 1.165) is 17.8 Å². The molecule has 0 saturated carbocycles. The minimum atomic E-state index is 0.800. The summed E-state index contributed by atoms with van der Waals surface area (Å²) >= 11 is 0. The van der Waals surface area contributed by atoms with E-state index in [-0.39, 0.29) is 0 Å². The average molecular weight is 185 g/mol. The van der Waals surface area contributed by atoms with Crippen LogP contribution in [0.2, 0.25) is 0 Å². The first-order valence-electron chi connectivity index (χ1n) is 4.72. The molecule has 1 heteroatoms. The van der Waals surface area contributed by atoms with Crippen LogP contribution in [0.15, 0.2) is 65.9 Å². The Morgan fingerprint density at radius 2 is 2.21 bits per heavy atom. The monoisotopic (exact) mass is 185 g/mol. The molecule has 0 unspecified atom stereocenters. The number of allylic oxidation sites excluding steroid dienone is 8. The van der Waals surface area contributed by atoms with E-state index >= 15 is 0 Å². The molecular formula is C13H15N. The molecule has 1 aliphatic heterocycles. The molecule has 0 aromatic rings. The normalized spacial score (nSPS) is 22.1. The molecule has 0 saturated heterocycles. The fraction of sp³-hybridized carbons (Fsp3) is 0.154. The number of aliphatic imine (C=N–C) groups is 1. The molecule has 0 amide bonds. The topological polar surface area (TPSA) is 12.4 Å². The Morgan fingerprint density at radius 1 is 1.36 bits per heavy atom. The molecule has 1 nitrogen and oxygen atoms in total. The zero-order chi connectivity index (χ0) is 10.2. The first-order valence-corrected chi connectivity index (χ1v) is 4.72.